The van der Waals surface area contributed by atoms with Crippen LogP contribution in [0.5, 0.6) is 0 Å². The van der Waals surface area contributed by atoms with Crippen molar-refractivity contribution in [3.8, 4) is 0 Å². The van der Waals surface area contributed by atoms with Crippen molar-refractivity contribution >= 4 is 0 Å². The predicted molar refractivity (Wildman–Crippen MR) is 70.9 cm³/mol. The monoisotopic (exact) mass is 243 g/mol. The standard InChI is InChI=1S/C14H29NO2/c1-4-9-17-10-8-14(11-15)7-5-6-13(2,3)12(14)16/h12,16H,4-11,15H2,1-3H3. The first-order valence-electron chi connectivity index (χ1n) is 6.94. The minimum atomic E-state index is -0.307. The second-order valence-electron chi connectivity index (χ2n) is 6.17. The van der Waals surface area contributed by atoms with Crippen LogP contribution in [0.1, 0.15) is 52.9 Å². The minimum absolute atomic E-state index is 0.0115. The highest BCUT2D eigenvalue weighted by Gasteiger charge is 2.47. The molecule has 0 heterocycles. The van der Waals surface area contributed by atoms with Gasteiger partial charge in [0.1, 0.15) is 0 Å². The van der Waals surface area contributed by atoms with Gasteiger partial charge in [-0.1, -0.05) is 27.2 Å². The summed E-state index contributed by atoms with van der Waals surface area (Å²) >= 11 is 0. The number of rotatable bonds is 6. The van der Waals surface area contributed by atoms with E-state index in [1.807, 2.05) is 0 Å². The maximum absolute atomic E-state index is 10.6. The second-order valence-corrected chi connectivity index (χ2v) is 6.17. The second kappa shape index (κ2) is 6.17. The summed E-state index contributed by atoms with van der Waals surface area (Å²) in [6, 6.07) is 0. The molecule has 0 aromatic carbocycles. The van der Waals surface area contributed by atoms with E-state index in [1.165, 1.54) is 0 Å². The third-order valence-electron chi connectivity index (χ3n) is 4.32. The molecule has 102 valence electrons. The van der Waals surface area contributed by atoms with Crippen molar-refractivity contribution in [3.63, 3.8) is 0 Å². The summed E-state index contributed by atoms with van der Waals surface area (Å²) < 4.78 is 5.56. The molecule has 0 saturated heterocycles. The first kappa shape index (κ1) is 14.9. The van der Waals surface area contributed by atoms with E-state index in [0.29, 0.717) is 6.54 Å². The summed E-state index contributed by atoms with van der Waals surface area (Å²) in [6.07, 6.45) is 4.90. The molecule has 0 spiro atoms. The average molecular weight is 243 g/mol. The third-order valence-corrected chi connectivity index (χ3v) is 4.32. The molecule has 17 heavy (non-hydrogen) atoms. The largest absolute Gasteiger partial charge is 0.392 e. The van der Waals surface area contributed by atoms with E-state index in [4.69, 9.17) is 10.5 Å². The molecule has 1 aliphatic carbocycles. The molecule has 1 aliphatic rings. The van der Waals surface area contributed by atoms with Gasteiger partial charge in [-0.25, -0.2) is 0 Å². The lowest BCUT2D eigenvalue weighted by atomic mass is 9.60. The molecule has 3 nitrogen and oxygen atoms in total. The van der Waals surface area contributed by atoms with Crippen molar-refractivity contribution in [2.45, 2.75) is 59.0 Å². The maximum atomic E-state index is 10.6. The topological polar surface area (TPSA) is 55.5 Å². The maximum Gasteiger partial charge on any atom is 0.0660 e. The Bertz CT molecular complexity index is 230. The Labute approximate surface area is 106 Å². The fourth-order valence-electron chi connectivity index (χ4n) is 3.10. The van der Waals surface area contributed by atoms with E-state index in [2.05, 4.69) is 20.8 Å². The number of hydrogen-bond acceptors (Lipinski definition) is 3. The van der Waals surface area contributed by atoms with Gasteiger partial charge in [0.2, 0.25) is 0 Å². The van der Waals surface area contributed by atoms with Gasteiger partial charge >= 0.3 is 0 Å². The molecule has 0 aliphatic heterocycles. The van der Waals surface area contributed by atoms with Crippen LogP contribution < -0.4 is 5.73 Å². The van der Waals surface area contributed by atoms with Gasteiger partial charge in [0, 0.05) is 25.2 Å². The SMILES string of the molecule is CCCOCCC1(CN)CCCC(C)(C)C1O. The third kappa shape index (κ3) is 3.43. The summed E-state index contributed by atoms with van der Waals surface area (Å²) in [7, 11) is 0. The molecule has 0 amide bonds. The molecule has 1 rings (SSSR count). The van der Waals surface area contributed by atoms with Gasteiger partial charge < -0.3 is 15.6 Å². The summed E-state index contributed by atoms with van der Waals surface area (Å²) in [5.74, 6) is 0. The molecular weight excluding hydrogens is 214 g/mol. The van der Waals surface area contributed by atoms with Crippen LogP contribution in [0.15, 0.2) is 0 Å². The molecule has 3 N–H and O–H groups in total. The Morgan fingerprint density at radius 1 is 1.29 bits per heavy atom. The van der Waals surface area contributed by atoms with Gasteiger partial charge in [-0.3, -0.25) is 0 Å². The molecule has 2 unspecified atom stereocenters. The Morgan fingerprint density at radius 3 is 2.59 bits per heavy atom. The zero-order valence-corrected chi connectivity index (χ0v) is 11.7. The summed E-state index contributed by atoms with van der Waals surface area (Å²) in [4.78, 5) is 0. The van der Waals surface area contributed by atoms with Gasteiger partial charge in [0.05, 0.1) is 6.10 Å². The number of hydrogen-bond donors (Lipinski definition) is 2. The molecule has 0 radical (unpaired) electrons. The first-order valence-corrected chi connectivity index (χ1v) is 6.94. The van der Waals surface area contributed by atoms with Crippen molar-refractivity contribution in [2.24, 2.45) is 16.6 Å². The predicted octanol–water partition coefficient (Wildman–Crippen LogP) is 2.32. The van der Waals surface area contributed by atoms with E-state index in [0.717, 1.165) is 45.3 Å². The number of aliphatic hydroxyl groups excluding tert-OH is 1. The Balaban J connectivity index is 2.59. The van der Waals surface area contributed by atoms with Gasteiger partial charge in [0.15, 0.2) is 0 Å². The van der Waals surface area contributed by atoms with E-state index in [1.54, 1.807) is 0 Å². The van der Waals surface area contributed by atoms with E-state index >= 15 is 0 Å². The van der Waals surface area contributed by atoms with Crippen molar-refractivity contribution in [3.05, 3.63) is 0 Å². The number of nitrogens with two attached hydrogens (primary N) is 1. The quantitative estimate of drug-likeness (QED) is 0.704. The number of aliphatic hydroxyl groups is 1. The van der Waals surface area contributed by atoms with Crippen LogP contribution in [0.2, 0.25) is 0 Å². The molecule has 0 aromatic rings. The lowest BCUT2D eigenvalue weighted by Crippen LogP contribution is -2.52. The Morgan fingerprint density at radius 2 is 2.00 bits per heavy atom. The van der Waals surface area contributed by atoms with Crippen molar-refractivity contribution in [2.75, 3.05) is 19.8 Å². The van der Waals surface area contributed by atoms with Crippen molar-refractivity contribution in [1.82, 2.24) is 0 Å². The van der Waals surface area contributed by atoms with Crippen LogP contribution in [0, 0.1) is 10.8 Å². The van der Waals surface area contributed by atoms with Crippen molar-refractivity contribution in [1.29, 1.82) is 0 Å². The van der Waals surface area contributed by atoms with Gasteiger partial charge in [0.25, 0.3) is 0 Å². The normalized spacial score (nSPS) is 32.6. The van der Waals surface area contributed by atoms with Crippen LogP contribution in [0.4, 0.5) is 0 Å². The summed E-state index contributed by atoms with van der Waals surface area (Å²) in [6.45, 7) is 8.49. The summed E-state index contributed by atoms with van der Waals surface area (Å²) in [5.41, 5.74) is 5.81. The van der Waals surface area contributed by atoms with Crippen LogP contribution in [0.25, 0.3) is 0 Å². The highest BCUT2D eigenvalue weighted by molar-refractivity contribution is 4.98. The van der Waals surface area contributed by atoms with Crippen molar-refractivity contribution < 1.29 is 9.84 Å². The fraction of sp³-hybridized carbons (Fsp3) is 1.00. The van der Waals surface area contributed by atoms with Crippen LogP contribution >= 0.6 is 0 Å². The number of ether oxygens (including phenoxy) is 1. The van der Waals surface area contributed by atoms with Gasteiger partial charge in [-0.15, -0.1) is 0 Å². The molecule has 0 bridgehead atoms. The highest BCUT2D eigenvalue weighted by atomic mass is 16.5. The Hall–Kier alpha value is -0.120. The lowest BCUT2D eigenvalue weighted by molar-refractivity contribution is -0.100. The van der Waals surface area contributed by atoms with E-state index in [-0.39, 0.29) is 16.9 Å². The smallest absolute Gasteiger partial charge is 0.0660 e. The highest BCUT2D eigenvalue weighted by Crippen LogP contribution is 2.47. The molecule has 3 heteroatoms. The molecule has 2 atom stereocenters. The lowest BCUT2D eigenvalue weighted by Gasteiger charge is -2.49. The Kier molecular flexibility index (Phi) is 5.42. The first-order chi connectivity index (χ1) is 7.98. The molecule has 1 fully saturated rings. The van der Waals surface area contributed by atoms with Crippen LogP contribution in [-0.2, 0) is 4.74 Å². The average Bonchev–Trinajstić information content (AvgIpc) is 2.30. The zero-order valence-electron chi connectivity index (χ0n) is 11.7. The fourth-order valence-corrected chi connectivity index (χ4v) is 3.10. The van der Waals surface area contributed by atoms with Gasteiger partial charge in [-0.05, 0) is 31.1 Å². The molecule has 0 aromatic heterocycles. The van der Waals surface area contributed by atoms with E-state index < -0.39 is 0 Å². The van der Waals surface area contributed by atoms with Gasteiger partial charge in [-0.2, -0.15) is 0 Å². The van der Waals surface area contributed by atoms with Crippen LogP contribution in [0.3, 0.4) is 0 Å². The van der Waals surface area contributed by atoms with Crippen LogP contribution in [-0.4, -0.2) is 31.0 Å². The minimum Gasteiger partial charge on any atom is -0.392 e. The van der Waals surface area contributed by atoms with E-state index in [9.17, 15) is 5.11 Å². The molecule has 1 saturated carbocycles. The molecular formula is C14H29NO2. The zero-order chi connectivity index (χ0) is 12.9. The summed E-state index contributed by atoms with van der Waals surface area (Å²) in [5, 5.41) is 10.6.